The number of carbonyl (C=O) groups is 4. The van der Waals surface area contributed by atoms with Crippen LogP contribution in [0, 0.1) is 17.8 Å². The smallest absolute Gasteiger partial charge is 0.321 e. The van der Waals surface area contributed by atoms with E-state index >= 15 is 0 Å². The predicted molar refractivity (Wildman–Crippen MR) is 148 cm³/mol. The molecule has 220 valence electrons. The van der Waals surface area contributed by atoms with Crippen molar-refractivity contribution in [1.29, 1.82) is 0 Å². The van der Waals surface area contributed by atoms with E-state index in [9.17, 15) is 24.3 Å². The molecule has 0 saturated carbocycles. The third-order valence-corrected chi connectivity index (χ3v) is 6.26. The Hall–Kier alpha value is -2.94. The first kappa shape index (κ1) is 34.1. The van der Waals surface area contributed by atoms with Gasteiger partial charge in [-0.05, 0) is 68.1 Å². The van der Waals surface area contributed by atoms with Crippen molar-refractivity contribution in [3.63, 3.8) is 0 Å². The van der Waals surface area contributed by atoms with Crippen LogP contribution in [0.4, 0.5) is 0 Å². The standard InChI is InChI=1S/C30H47NO8/c1-18(2)8-13-26(32)37-21(7)16-23(29(31)30(35)36)22-11-12-24(38-27(33)14-9-19(3)4)25(17-22)39-28(34)15-10-20(5)6/h11-12,17-21,23,29H,8-10,13-16,31H2,1-7H3,(H,35,36)/t21?,23?,29-/m0/s1. The predicted octanol–water partition coefficient (Wildman–Crippen LogP) is 5.62. The molecule has 2 unspecified atom stereocenters. The highest BCUT2D eigenvalue weighted by atomic mass is 16.6. The molecule has 39 heavy (non-hydrogen) atoms. The van der Waals surface area contributed by atoms with E-state index in [0.29, 0.717) is 42.6 Å². The van der Waals surface area contributed by atoms with Gasteiger partial charge < -0.3 is 25.1 Å². The van der Waals surface area contributed by atoms with Crippen LogP contribution in [0.2, 0.25) is 0 Å². The van der Waals surface area contributed by atoms with Crippen molar-refractivity contribution in [2.24, 2.45) is 23.5 Å². The fourth-order valence-corrected chi connectivity index (χ4v) is 3.84. The molecule has 0 fully saturated rings. The first-order valence-corrected chi connectivity index (χ1v) is 13.9. The van der Waals surface area contributed by atoms with E-state index in [0.717, 1.165) is 0 Å². The van der Waals surface area contributed by atoms with E-state index in [2.05, 4.69) is 0 Å². The van der Waals surface area contributed by atoms with Gasteiger partial charge in [0.2, 0.25) is 0 Å². The van der Waals surface area contributed by atoms with E-state index < -0.39 is 36.0 Å². The van der Waals surface area contributed by atoms with Crippen molar-refractivity contribution in [3.05, 3.63) is 23.8 Å². The van der Waals surface area contributed by atoms with Gasteiger partial charge >= 0.3 is 23.9 Å². The summed E-state index contributed by atoms with van der Waals surface area (Å²) < 4.78 is 16.6. The van der Waals surface area contributed by atoms with Gasteiger partial charge in [0, 0.05) is 25.2 Å². The second-order valence-electron chi connectivity index (χ2n) is 11.5. The molecule has 0 spiro atoms. The minimum absolute atomic E-state index is 0.0170. The van der Waals surface area contributed by atoms with E-state index in [1.807, 2.05) is 41.5 Å². The largest absolute Gasteiger partial charge is 0.480 e. The third kappa shape index (κ3) is 13.6. The molecular weight excluding hydrogens is 502 g/mol. The zero-order chi connectivity index (χ0) is 29.7. The van der Waals surface area contributed by atoms with Crippen LogP contribution in [0.3, 0.4) is 0 Å². The number of aliphatic carboxylic acids is 1. The van der Waals surface area contributed by atoms with Gasteiger partial charge in [-0.3, -0.25) is 19.2 Å². The van der Waals surface area contributed by atoms with Crippen molar-refractivity contribution < 1.29 is 38.5 Å². The van der Waals surface area contributed by atoms with Gasteiger partial charge in [0.1, 0.15) is 6.04 Å². The highest BCUT2D eigenvalue weighted by Gasteiger charge is 2.30. The average Bonchev–Trinajstić information content (AvgIpc) is 2.84. The number of carbonyl (C=O) groups excluding carboxylic acids is 3. The average molecular weight is 550 g/mol. The van der Waals surface area contributed by atoms with E-state index in [1.54, 1.807) is 13.0 Å². The lowest BCUT2D eigenvalue weighted by Gasteiger charge is -2.25. The van der Waals surface area contributed by atoms with Crippen molar-refractivity contribution in [2.75, 3.05) is 0 Å². The minimum Gasteiger partial charge on any atom is -0.480 e. The highest BCUT2D eigenvalue weighted by molar-refractivity contribution is 5.77. The lowest BCUT2D eigenvalue weighted by atomic mass is 9.87. The van der Waals surface area contributed by atoms with Gasteiger partial charge in [-0.2, -0.15) is 0 Å². The molecule has 0 aromatic heterocycles. The van der Waals surface area contributed by atoms with E-state index in [4.69, 9.17) is 19.9 Å². The number of hydrogen-bond donors (Lipinski definition) is 2. The van der Waals surface area contributed by atoms with Crippen molar-refractivity contribution >= 4 is 23.9 Å². The van der Waals surface area contributed by atoms with Crippen molar-refractivity contribution in [1.82, 2.24) is 0 Å². The second-order valence-corrected chi connectivity index (χ2v) is 11.5. The molecule has 0 radical (unpaired) electrons. The summed E-state index contributed by atoms with van der Waals surface area (Å²) in [5, 5.41) is 9.68. The Bertz CT molecular complexity index is 956. The van der Waals surface area contributed by atoms with Crippen LogP contribution < -0.4 is 15.2 Å². The number of esters is 3. The maximum atomic E-state index is 12.6. The van der Waals surface area contributed by atoms with Crippen molar-refractivity contribution in [2.45, 2.75) is 111 Å². The molecule has 9 heteroatoms. The first-order chi connectivity index (χ1) is 18.2. The quantitative estimate of drug-likeness (QED) is 0.187. The van der Waals surface area contributed by atoms with Gasteiger partial charge in [0.15, 0.2) is 11.5 Å². The first-order valence-electron chi connectivity index (χ1n) is 13.9. The summed E-state index contributed by atoms with van der Waals surface area (Å²) in [6.07, 6.45) is 2.12. The van der Waals surface area contributed by atoms with Crippen LogP contribution in [0.25, 0.3) is 0 Å². The van der Waals surface area contributed by atoms with Crippen LogP contribution in [0.15, 0.2) is 18.2 Å². The fraction of sp³-hybridized carbons (Fsp3) is 0.667. The van der Waals surface area contributed by atoms with Crippen LogP contribution in [0.5, 0.6) is 11.5 Å². The Kier molecular flexibility index (Phi) is 14.8. The molecule has 3 atom stereocenters. The zero-order valence-electron chi connectivity index (χ0n) is 24.5. The molecule has 0 aliphatic rings. The van der Waals surface area contributed by atoms with Crippen LogP contribution in [0.1, 0.15) is 105 Å². The summed E-state index contributed by atoms with van der Waals surface area (Å²) in [5.74, 6) is -2.27. The van der Waals surface area contributed by atoms with Gasteiger partial charge in [-0.25, -0.2) is 0 Å². The third-order valence-electron chi connectivity index (χ3n) is 6.26. The topological polar surface area (TPSA) is 142 Å². The van der Waals surface area contributed by atoms with Crippen LogP contribution >= 0.6 is 0 Å². The van der Waals surface area contributed by atoms with Crippen molar-refractivity contribution in [3.8, 4) is 11.5 Å². The fourth-order valence-electron chi connectivity index (χ4n) is 3.84. The molecule has 0 saturated heterocycles. The number of rotatable bonds is 17. The summed E-state index contributed by atoms with van der Waals surface area (Å²) in [6.45, 7) is 13.7. The molecule has 0 amide bonds. The molecule has 0 bridgehead atoms. The molecule has 3 N–H and O–H groups in total. The summed E-state index contributed by atoms with van der Waals surface area (Å²) in [4.78, 5) is 49.1. The molecule has 1 aromatic rings. The van der Waals surface area contributed by atoms with Gasteiger partial charge in [-0.1, -0.05) is 47.6 Å². The summed E-state index contributed by atoms with van der Waals surface area (Å²) >= 11 is 0. The number of benzene rings is 1. The Morgan fingerprint density at radius 2 is 1.21 bits per heavy atom. The highest BCUT2D eigenvalue weighted by Crippen LogP contribution is 2.35. The number of ether oxygens (including phenoxy) is 3. The number of carboxylic acids is 1. The monoisotopic (exact) mass is 549 g/mol. The molecule has 1 rings (SSSR count). The van der Waals surface area contributed by atoms with Crippen LogP contribution in [-0.4, -0.2) is 41.1 Å². The van der Waals surface area contributed by atoms with Gasteiger partial charge in [0.05, 0.1) is 6.10 Å². The van der Waals surface area contributed by atoms with Gasteiger partial charge in [-0.15, -0.1) is 0 Å². The Morgan fingerprint density at radius 1 is 0.744 bits per heavy atom. The summed E-state index contributed by atoms with van der Waals surface area (Å²) in [7, 11) is 0. The Labute approximate surface area is 232 Å². The SMILES string of the molecule is CC(C)CCC(=O)Oc1ccc(C(CC(C)OC(=O)CCC(C)C)[C@H](N)C(=O)O)cc1OC(=O)CCC(C)C. The Balaban J connectivity index is 3.26. The maximum absolute atomic E-state index is 12.6. The molecule has 9 nitrogen and oxygen atoms in total. The molecule has 0 aliphatic carbocycles. The normalized spacial score (nSPS) is 13.7. The summed E-state index contributed by atoms with van der Waals surface area (Å²) in [5.41, 5.74) is 6.52. The lowest BCUT2D eigenvalue weighted by molar-refractivity contribution is -0.149. The minimum atomic E-state index is -1.31. The number of nitrogens with two attached hydrogens (primary N) is 1. The zero-order valence-corrected chi connectivity index (χ0v) is 24.5. The number of carboxylic acid groups (broad SMARTS) is 1. The van der Waals surface area contributed by atoms with Gasteiger partial charge in [0.25, 0.3) is 0 Å². The second kappa shape index (κ2) is 16.9. The Morgan fingerprint density at radius 3 is 1.67 bits per heavy atom. The molecular formula is C30H47NO8. The molecule has 0 heterocycles. The molecule has 1 aromatic carbocycles. The molecule has 0 aliphatic heterocycles. The van der Waals surface area contributed by atoms with E-state index in [-0.39, 0.29) is 43.2 Å². The number of hydrogen-bond acceptors (Lipinski definition) is 8. The van der Waals surface area contributed by atoms with E-state index in [1.165, 1.54) is 12.1 Å². The van der Waals surface area contributed by atoms with Crippen LogP contribution in [-0.2, 0) is 23.9 Å². The summed E-state index contributed by atoms with van der Waals surface area (Å²) in [6, 6.07) is 3.25. The lowest BCUT2D eigenvalue weighted by Crippen LogP contribution is -2.38. The maximum Gasteiger partial charge on any atom is 0.321 e.